The molecule has 0 aliphatic rings. The van der Waals surface area contributed by atoms with Crippen LogP contribution in [0.25, 0.3) is 0 Å². The minimum absolute atomic E-state index is 0.0922. The number of carbonyl (C=O) groups excluding carboxylic acids is 1. The Balaban J connectivity index is 1.75. The topological polar surface area (TPSA) is 84.9 Å². The molecule has 0 spiro atoms. The van der Waals surface area contributed by atoms with Gasteiger partial charge in [0.25, 0.3) is 10.0 Å². The summed E-state index contributed by atoms with van der Waals surface area (Å²) < 4.78 is 39.0. The van der Waals surface area contributed by atoms with Crippen molar-refractivity contribution in [3.8, 4) is 11.5 Å². The van der Waals surface area contributed by atoms with Crippen molar-refractivity contribution in [3.05, 3.63) is 83.9 Å². The predicted molar refractivity (Wildman–Crippen MR) is 128 cm³/mol. The molecule has 0 atom stereocenters. The molecule has 8 heteroatoms. The molecule has 3 aromatic carbocycles. The Morgan fingerprint density at radius 1 is 0.939 bits per heavy atom. The molecule has 0 heterocycles. The molecule has 1 N–H and O–H groups in total. The van der Waals surface area contributed by atoms with E-state index in [-0.39, 0.29) is 23.7 Å². The van der Waals surface area contributed by atoms with Crippen LogP contribution in [0.4, 0.5) is 5.69 Å². The molecule has 0 fully saturated rings. The van der Waals surface area contributed by atoms with Crippen molar-refractivity contribution in [2.75, 3.05) is 31.1 Å². The van der Waals surface area contributed by atoms with Crippen molar-refractivity contribution in [1.29, 1.82) is 0 Å². The molecule has 0 aliphatic heterocycles. The number of nitrogens with one attached hydrogen (secondary N) is 1. The molecule has 3 rings (SSSR count). The summed E-state index contributed by atoms with van der Waals surface area (Å²) >= 11 is 0. The molecule has 0 radical (unpaired) electrons. The Morgan fingerprint density at radius 2 is 1.67 bits per heavy atom. The second-order valence-corrected chi connectivity index (χ2v) is 9.37. The second-order valence-electron chi connectivity index (χ2n) is 7.51. The van der Waals surface area contributed by atoms with E-state index in [2.05, 4.69) is 5.32 Å². The van der Waals surface area contributed by atoms with Crippen LogP contribution in [0.1, 0.15) is 11.1 Å². The van der Waals surface area contributed by atoms with Crippen LogP contribution >= 0.6 is 0 Å². The maximum Gasteiger partial charge on any atom is 0.264 e. The van der Waals surface area contributed by atoms with Crippen molar-refractivity contribution < 1.29 is 22.7 Å². The number of hydrogen-bond acceptors (Lipinski definition) is 5. The average Bonchev–Trinajstić information content (AvgIpc) is 2.80. The number of hydrogen-bond donors (Lipinski definition) is 1. The maximum atomic E-state index is 13.5. The zero-order valence-corrected chi connectivity index (χ0v) is 19.8. The summed E-state index contributed by atoms with van der Waals surface area (Å²) in [5, 5.41) is 2.73. The molecule has 3 aromatic rings. The van der Waals surface area contributed by atoms with Gasteiger partial charge in [0.1, 0.15) is 24.7 Å². The highest BCUT2D eigenvalue weighted by Gasteiger charge is 2.29. The van der Waals surface area contributed by atoms with E-state index in [4.69, 9.17) is 9.47 Å². The minimum atomic E-state index is -4.02. The first-order valence-electron chi connectivity index (χ1n) is 10.5. The highest BCUT2D eigenvalue weighted by molar-refractivity contribution is 7.92. The number of aryl methyl sites for hydroxylation is 2. The lowest BCUT2D eigenvalue weighted by Crippen LogP contribution is -2.42. The lowest BCUT2D eigenvalue weighted by molar-refractivity contribution is -0.119. The first-order valence-corrected chi connectivity index (χ1v) is 11.9. The number of carbonyl (C=O) groups is 1. The molecular weight excluding hydrogens is 440 g/mol. The Hall–Kier alpha value is -3.52. The average molecular weight is 469 g/mol. The monoisotopic (exact) mass is 468 g/mol. The number of nitrogens with zero attached hydrogens (tertiary/aromatic N) is 1. The van der Waals surface area contributed by atoms with Crippen molar-refractivity contribution >= 4 is 21.6 Å². The Labute approximate surface area is 195 Å². The van der Waals surface area contributed by atoms with Crippen LogP contribution in [0.5, 0.6) is 11.5 Å². The Morgan fingerprint density at radius 3 is 2.36 bits per heavy atom. The van der Waals surface area contributed by atoms with Crippen LogP contribution < -0.4 is 19.1 Å². The van der Waals surface area contributed by atoms with Crippen LogP contribution in [0.2, 0.25) is 0 Å². The molecule has 0 unspecified atom stereocenters. The van der Waals surface area contributed by atoms with Gasteiger partial charge in [0.15, 0.2) is 0 Å². The van der Waals surface area contributed by atoms with Gasteiger partial charge in [-0.05, 0) is 55.8 Å². The summed E-state index contributed by atoms with van der Waals surface area (Å²) in [7, 11) is -2.56. The number of anilines is 1. The SMILES string of the molecule is COc1ccccc1N(CC(=O)NCCOc1cccc(C)c1)S(=O)(=O)c1ccc(C)cc1. The molecule has 33 heavy (non-hydrogen) atoms. The largest absolute Gasteiger partial charge is 0.495 e. The van der Waals surface area contributed by atoms with Crippen LogP contribution in [-0.4, -0.2) is 41.1 Å². The number of rotatable bonds is 10. The summed E-state index contributed by atoms with van der Waals surface area (Å²) in [6.45, 7) is 3.93. The van der Waals surface area contributed by atoms with Gasteiger partial charge in [-0.2, -0.15) is 0 Å². The standard InChI is InChI=1S/C25H28N2O5S/c1-19-11-13-22(14-12-19)33(29,30)27(23-9-4-5-10-24(23)31-3)18-25(28)26-15-16-32-21-8-6-7-20(2)17-21/h4-14,17H,15-16,18H2,1-3H3,(H,26,28). The molecular formula is C25H28N2O5S. The zero-order chi connectivity index (χ0) is 23.8. The molecule has 0 aromatic heterocycles. The van der Waals surface area contributed by atoms with Crippen LogP contribution in [-0.2, 0) is 14.8 Å². The fraction of sp³-hybridized carbons (Fsp3) is 0.240. The number of methoxy groups -OCH3 is 1. The van der Waals surface area contributed by atoms with E-state index in [1.54, 1.807) is 36.4 Å². The van der Waals surface area contributed by atoms with Gasteiger partial charge in [0.05, 0.1) is 24.2 Å². The summed E-state index contributed by atoms with van der Waals surface area (Å²) in [6.07, 6.45) is 0. The molecule has 1 amide bonds. The van der Waals surface area contributed by atoms with Gasteiger partial charge in [-0.1, -0.05) is 42.0 Å². The third-order valence-corrected chi connectivity index (χ3v) is 6.71. The zero-order valence-electron chi connectivity index (χ0n) is 18.9. The number of benzene rings is 3. The summed E-state index contributed by atoms with van der Waals surface area (Å²) in [6, 6.07) is 20.8. The van der Waals surface area contributed by atoms with E-state index in [0.29, 0.717) is 11.5 Å². The fourth-order valence-corrected chi connectivity index (χ4v) is 4.66. The van der Waals surface area contributed by atoms with Crippen LogP contribution in [0.3, 0.4) is 0 Å². The molecule has 0 aliphatic carbocycles. The molecule has 0 bridgehead atoms. The van der Waals surface area contributed by atoms with E-state index < -0.39 is 22.5 Å². The van der Waals surface area contributed by atoms with Gasteiger partial charge in [-0.25, -0.2) is 8.42 Å². The molecule has 0 saturated carbocycles. The predicted octanol–water partition coefficient (Wildman–Crippen LogP) is 3.70. The third kappa shape index (κ3) is 6.26. The number of amides is 1. The quantitative estimate of drug-likeness (QED) is 0.459. The smallest absolute Gasteiger partial charge is 0.264 e. The first kappa shape index (κ1) is 24.1. The second kappa shape index (κ2) is 10.9. The van der Waals surface area contributed by atoms with E-state index in [9.17, 15) is 13.2 Å². The van der Waals surface area contributed by atoms with Crippen LogP contribution in [0, 0.1) is 13.8 Å². The lowest BCUT2D eigenvalue weighted by atomic mass is 10.2. The summed E-state index contributed by atoms with van der Waals surface area (Å²) in [5.41, 5.74) is 2.29. The minimum Gasteiger partial charge on any atom is -0.495 e. The number of para-hydroxylation sites is 2. The van der Waals surface area contributed by atoms with E-state index >= 15 is 0 Å². The normalized spacial score (nSPS) is 11.0. The molecule has 0 saturated heterocycles. The highest BCUT2D eigenvalue weighted by atomic mass is 32.2. The van der Waals surface area contributed by atoms with Gasteiger partial charge in [0.2, 0.25) is 5.91 Å². The van der Waals surface area contributed by atoms with Crippen molar-refractivity contribution in [2.45, 2.75) is 18.7 Å². The molecule has 174 valence electrons. The van der Waals surface area contributed by atoms with Crippen molar-refractivity contribution in [2.24, 2.45) is 0 Å². The van der Waals surface area contributed by atoms with Crippen LogP contribution in [0.15, 0.2) is 77.7 Å². The molecule has 7 nitrogen and oxygen atoms in total. The fourth-order valence-electron chi connectivity index (χ4n) is 3.22. The number of ether oxygens (including phenoxy) is 2. The van der Waals surface area contributed by atoms with Gasteiger partial charge in [-0.15, -0.1) is 0 Å². The Bertz CT molecular complexity index is 1190. The maximum absolute atomic E-state index is 13.5. The van der Waals surface area contributed by atoms with E-state index in [1.807, 2.05) is 38.1 Å². The lowest BCUT2D eigenvalue weighted by Gasteiger charge is -2.25. The van der Waals surface area contributed by atoms with Gasteiger partial charge >= 0.3 is 0 Å². The Kier molecular flexibility index (Phi) is 7.95. The highest BCUT2D eigenvalue weighted by Crippen LogP contribution is 2.32. The third-order valence-electron chi connectivity index (χ3n) is 4.93. The summed E-state index contributed by atoms with van der Waals surface area (Å²) in [4.78, 5) is 12.8. The van der Waals surface area contributed by atoms with E-state index in [1.165, 1.54) is 19.2 Å². The van der Waals surface area contributed by atoms with Gasteiger partial charge in [-0.3, -0.25) is 9.10 Å². The van der Waals surface area contributed by atoms with Gasteiger partial charge < -0.3 is 14.8 Å². The van der Waals surface area contributed by atoms with Gasteiger partial charge in [0, 0.05) is 0 Å². The van der Waals surface area contributed by atoms with Crippen molar-refractivity contribution in [1.82, 2.24) is 5.32 Å². The number of sulfonamides is 1. The van der Waals surface area contributed by atoms with E-state index in [0.717, 1.165) is 15.4 Å². The van der Waals surface area contributed by atoms with Crippen molar-refractivity contribution in [3.63, 3.8) is 0 Å². The first-order chi connectivity index (χ1) is 15.8. The summed E-state index contributed by atoms with van der Waals surface area (Å²) in [5.74, 6) is 0.607.